The van der Waals surface area contributed by atoms with E-state index in [0.717, 1.165) is 110 Å². The number of rotatable bonds is 13. The number of ether oxygens (including phenoxy) is 2. The highest BCUT2D eigenvalue weighted by Gasteiger charge is 2.50. The van der Waals surface area contributed by atoms with Crippen LogP contribution in [0.3, 0.4) is 0 Å². The largest absolute Gasteiger partial charge is 0.496 e. The molecule has 1 spiro atoms. The van der Waals surface area contributed by atoms with E-state index >= 15 is 0 Å². The first kappa shape index (κ1) is 45.3. The molecular formula is C52H70N6O7. The summed E-state index contributed by atoms with van der Waals surface area (Å²) in [6.07, 6.45) is 22.0. The zero-order valence-electron chi connectivity index (χ0n) is 39.2. The molecule has 0 radical (unpaired) electrons. The van der Waals surface area contributed by atoms with Gasteiger partial charge in [-0.1, -0.05) is 12.5 Å². The minimum atomic E-state index is -0.555. The SMILES string of the molecule is CNC(=O)CCC1CCc2c(-c3cc(OC)c(CC4CCCCN(CCC5CCN(C6=CC=C7CN(C8CCC(=O)NC8=O)C(=O)C7C6)CC5)CC45CC5)c(OC)c3)cn(C)c(=O)c2C1. The number of piperidine rings is 2. The molecule has 9 rings (SSSR count). The third-order valence-electron chi connectivity index (χ3n) is 16.6. The molecule has 4 aliphatic heterocycles. The van der Waals surface area contributed by atoms with Crippen LogP contribution in [-0.4, -0.2) is 109 Å². The van der Waals surface area contributed by atoms with E-state index in [1.54, 1.807) is 30.7 Å². The molecule has 13 nitrogen and oxygen atoms in total. The van der Waals surface area contributed by atoms with Gasteiger partial charge in [-0.25, -0.2) is 0 Å². The van der Waals surface area contributed by atoms with Crippen LogP contribution in [0.4, 0.5) is 0 Å². The summed E-state index contributed by atoms with van der Waals surface area (Å²) < 4.78 is 14.1. The Labute approximate surface area is 384 Å². The number of allylic oxidation sites excluding steroid dienone is 3. The molecule has 5 fully saturated rings. The quantitative estimate of drug-likeness (QED) is 0.242. The Hall–Kier alpha value is -4.91. The van der Waals surface area contributed by atoms with E-state index in [1.165, 1.54) is 50.8 Å². The Morgan fingerprint density at radius 2 is 1.65 bits per heavy atom. The van der Waals surface area contributed by atoms with Gasteiger partial charge in [-0.3, -0.25) is 29.3 Å². The van der Waals surface area contributed by atoms with Crippen LogP contribution in [-0.2, 0) is 45.5 Å². The number of nitrogens with one attached hydrogen (secondary N) is 2. The molecule has 2 aromatic rings. The first-order valence-electron chi connectivity index (χ1n) is 24.7. The highest BCUT2D eigenvalue weighted by atomic mass is 16.5. The number of hydrogen-bond acceptors (Lipinski definition) is 9. The van der Waals surface area contributed by atoms with Crippen LogP contribution in [0.25, 0.3) is 11.1 Å². The molecule has 5 heterocycles. The molecule has 65 heavy (non-hydrogen) atoms. The lowest BCUT2D eigenvalue weighted by Gasteiger charge is -2.39. The van der Waals surface area contributed by atoms with Gasteiger partial charge in [0.1, 0.15) is 17.5 Å². The van der Waals surface area contributed by atoms with Crippen molar-refractivity contribution >= 4 is 23.6 Å². The summed E-state index contributed by atoms with van der Waals surface area (Å²) in [5.41, 5.74) is 7.89. The summed E-state index contributed by atoms with van der Waals surface area (Å²) in [5.74, 6) is 2.51. The molecule has 1 saturated carbocycles. The van der Waals surface area contributed by atoms with Gasteiger partial charge in [0.25, 0.3) is 5.56 Å². The summed E-state index contributed by atoms with van der Waals surface area (Å²) in [5, 5.41) is 5.15. The summed E-state index contributed by atoms with van der Waals surface area (Å²) in [6, 6.07) is 3.78. The minimum Gasteiger partial charge on any atom is -0.496 e. The molecule has 1 aromatic heterocycles. The molecular weight excluding hydrogens is 821 g/mol. The van der Waals surface area contributed by atoms with Gasteiger partial charge in [-0.05, 0) is 155 Å². The average molecular weight is 891 g/mol. The van der Waals surface area contributed by atoms with Crippen LogP contribution in [0.15, 0.2) is 46.5 Å². The second kappa shape index (κ2) is 19.1. The number of nitrogens with zero attached hydrogens (tertiary/aromatic N) is 4. The third kappa shape index (κ3) is 9.41. The second-order valence-electron chi connectivity index (χ2n) is 20.4. The number of imide groups is 1. The van der Waals surface area contributed by atoms with Gasteiger partial charge in [-0.2, -0.15) is 0 Å². The van der Waals surface area contributed by atoms with E-state index in [1.807, 2.05) is 13.2 Å². The molecule has 4 amide bonds. The number of fused-ring (bicyclic) bond motifs is 2. The molecule has 4 saturated heterocycles. The normalized spacial score (nSPS) is 25.8. The Balaban J connectivity index is 0.808. The number of carbonyl (C=O) groups is 4. The van der Waals surface area contributed by atoms with Gasteiger partial charge in [0, 0.05) is 88.1 Å². The van der Waals surface area contributed by atoms with Gasteiger partial charge in [0.2, 0.25) is 23.6 Å². The van der Waals surface area contributed by atoms with E-state index in [0.29, 0.717) is 55.4 Å². The lowest BCUT2D eigenvalue weighted by molar-refractivity contribution is -0.144. The van der Waals surface area contributed by atoms with Gasteiger partial charge >= 0.3 is 0 Å². The zero-order valence-corrected chi connectivity index (χ0v) is 39.2. The molecule has 3 aliphatic carbocycles. The van der Waals surface area contributed by atoms with Crippen molar-refractivity contribution < 1.29 is 28.7 Å². The third-order valence-corrected chi connectivity index (χ3v) is 16.6. The number of carbonyl (C=O) groups excluding carboxylic acids is 4. The topological polar surface area (TPSA) is 143 Å². The van der Waals surface area contributed by atoms with Crippen molar-refractivity contribution in [1.82, 2.24) is 29.9 Å². The molecule has 350 valence electrons. The lowest BCUT2D eigenvalue weighted by Crippen LogP contribution is -2.53. The highest BCUT2D eigenvalue weighted by Crippen LogP contribution is 2.57. The molecule has 7 aliphatic rings. The van der Waals surface area contributed by atoms with Crippen LogP contribution in [0, 0.1) is 29.1 Å². The van der Waals surface area contributed by atoms with Gasteiger partial charge in [0.05, 0.1) is 20.1 Å². The van der Waals surface area contributed by atoms with Crippen molar-refractivity contribution in [3.8, 4) is 22.6 Å². The zero-order chi connectivity index (χ0) is 45.4. The number of pyridine rings is 1. The molecule has 4 unspecified atom stereocenters. The Bertz CT molecular complexity index is 2280. The van der Waals surface area contributed by atoms with E-state index < -0.39 is 6.04 Å². The highest BCUT2D eigenvalue weighted by molar-refractivity contribution is 6.02. The average Bonchev–Trinajstić information content (AvgIpc) is 4.04. The molecule has 2 N–H and O–H groups in total. The van der Waals surface area contributed by atoms with Crippen LogP contribution in [0.5, 0.6) is 11.5 Å². The summed E-state index contributed by atoms with van der Waals surface area (Å²) in [4.78, 5) is 70.3. The lowest BCUT2D eigenvalue weighted by atomic mass is 9.78. The Morgan fingerprint density at radius 1 is 0.877 bits per heavy atom. The van der Waals surface area contributed by atoms with Crippen molar-refractivity contribution in [1.29, 1.82) is 0 Å². The Kier molecular flexibility index (Phi) is 13.3. The monoisotopic (exact) mass is 891 g/mol. The maximum Gasteiger partial charge on any atom is 0.253 e. The van der Waals surface area contributed by atoms with Crippen LogP contribution >= 0.6 is 0 Å². The molecule has 0 bridgehead atoms. The second-order valence-corrected chi connectivity index (χ2v) is 20.4. The van der Waals surface area contributed by atoms with Crippen molar-refractivity contribution in [2.45, 2.75) is 115 Å². The fraction of sp³-hybridized carbons (Fsp3) is 0.635. The first-order chi connectivity index (χ1) is 31.5. The smallest absolute Gasteiger partial charge is 0.253 e. The van der Waals surface area contributed by atoms with E-state index in [2.05, 4.69) is 44.7 Å². The molecule has 13 heteroatoms. The number of methoxy groups -OCH3 is 2. The van der Waals surface area contributed by atoms with Crippen LogP contribution < -0.4 is 25.7 Å². The molecule has 1 aromatic carbocycles. The van der Waals surface area contributed by atoms with Crippen molar-refractivity contribution in [3.63, 3.8) is 0 Å². The van der Waals surface area contributed by atoms with Crippen LogP contribution in [0.2, 0.25) is 0 Å². The predicted molar refractivity (Wildman–Crippen MR) is 249 cm³/mol. The van der Waals surface area contributed by atoms with E-state index in [-0.39, 0.29) is 41.5 Å². The fourth-order valence-corrected chi connectivity index (χ4v) is 12.5. The summed E-state index contributed by atoms with van der Waals surface area (Å²) in [7, 11) is 7.04. The Morgan fingerprint density at radius 3 is 2.35 bits per heavy atom. The van der Waals surface area contributed by atoms with Gasteiger partial charge in [-0.15, -0.1) is 0 Å². The standard InChI is InChI=1S/C52H70N6O7/c1-53-47(59)14-9-34-8-12-39-41(25-34)50(62)55(2)31-43(39)36-26-45(64-3)42(46(27-36)65-4)28-37-7-5-6-21-56(32-52(37)19-20-52)22-16-33-17-23-57(24-18-33)38-11-10-35-30-58(51(63)40(35)29-38)44-13-15-48(60)54-49(44)61/h10-11,26-27,31,33-34,37,40,44H,5-9,12-25,28-30,32H2,1-4H3,(H,53,59)(H,54,60,61). The van der Waals surface area contributed by atoms with Crippen molar-refractivity contribution in [2.75, 3.05) is 60.5 Å². The number of aromatic nitrogens is 1. The number of benzene rings is 1. The van der Waals surface area contributed by atoms with Gasteiger partial charge in [0.15, 0.2) is 0 Å². The van der Waals surface area contributed by atoms with Gasteiger partial charge < -0.3 is 34.1 Å². The van der Waals surface area contributed by atoms with Crippen LogP contribution in [0.1, 0.15) is 107 Å². The maximum atomic E-state index is 13.5. The van der Waals surface area contributed by atoms with Crippen molar-refractivity contribution in [3.05, 3.63) is 68.8 Å². The summed E-state index contributed by atoms with van der Waals surface area (Å²) in [6.45, 7) is 5.96. The number of amides is 4. The minimum absolute atomic E-state index is 0.0225. The number of hydrogen-bond donors (Lipinski definition) is 2. The predicted octanol–water partition coefficient (Wildman–Crippen LogP) is 5.71. The maximum absolute atomic E-state index is 13.5. The number of aryl methyl sites for hydroxylation is 1. The summed E-state index contributed by atoms with van der Waals surface area (Å²) >= 11 is 0. The van der Waals surface area contributed by atoms with E-state index in [4.69, 9.17) is 9.47 Å². The van der Waals surface area contributed by atoms with E-state index in [9.17, 15) is 24.0 Å². The van der Waals surface area contributed by atoms with Crippen molar-refractivity contribution in [2.24, 2.45) is 36.1 Å². The first-order valence-corrected chi connectivity index (χ1v) is 24.7. The molecule has 4 atom stereocenters. The number of likely N-dealkylation sites (tertiary alicyclic amines) is 3. The fourth-order valence-electron chi connectivity index (χ4n) is 12.5.